The number of ether oxygens (including phenoxy) is 5. The molecule has 11 heteroatoms. The first-order valence-corrected chi connectivity index (χ1v) is 13.8. The molecular weight excluding hydrogens is 588 g/mol. The lowest BCUT2D eigenvalue weighted by atomic mass is 9.94. The molecule has 0 aliphatic carbocycles. The number of rotatable bonds is 9. The molecule has 2 heterocycles. The highest BCUT2D eigenvalue weighted by Gasteiger charge is 2.35. The molecule has 4 rings (SSSR count). The summed E-state index contributed by atoms with van der Waals surface area (Å²) in [5.41, 5.74) is 1.70. The van der Waals surface area contributed by atoms with Crippen LogP contribution in [-0.2, 0) is 9.53 Å². The minimum atomic E-state index is -0.842. The van der Waals surface area contributed by atoms with E-state index in [4.69, 9.17) is 23.7 Å². The maximum Gasteiger partial charge on any atom is 0.338 e. The first kappa shape index (κ1) is 28.4. The maximum absolute atomic E-state index is 14.0. The maximum atomic E-state index is 14.0. The van der Waals surface area contributed by atoms with Crippen LogP contribution in [0.25, 0.3) is 6.08 Å². The van der Waals surface area contributed by atoms with Crippen LogP contribution in [0, 0.1) is 0 Å². The van der Waals surface area contributed by atoms with Crippen molar-refractivity contribution in [2.24, 2.45) is 4.99 Å². The molecule has 39 heavy (non-hydrogen) atoms. The molecule has 1 aliphatic rings. The number of hydrogen-bond donors (Lipinski definition) is 0. The van der Waals surface area contributed by atoms with E-state index < -0.39 is 12.0 Å². The van der Waals surface area contributed by atoms with Gasteiger partial charge in [-0.15, -0.1) is 0 Å². The largest absolute Gasteiger partial charge is 0.497 e. The number of methoxy groups -OCH3 is 3. The SMILES string of the molecule is CCOC(=O)C1=C(C)N=c2s/c(=C/c3cc(OCC)c(OC)cc3Br)c(=O)n2[C@H]1c1cc(OC)ccc1OC. The van der Waals surface area contributed by atoms with Crippen LogP contribution in [0.15, 0.2) is 55.9 Å². The zero-order valence-electron chi connectivity index (χ0n) is 22.5. The van der Waals surface area contributed by atoms with Gasteiger partial charge in [0.05, 0.1) is 50.3 Å². The molecule has 0 fully saturated rings. The van der Waals surface area contributed by atoms with E-state index in [2.05, 4.69) is 20.9 Å². The van der Waals surface area contributed by atoms with Crippen LogP contribution in [0.4, 0.5) is 0 Å². The normalized spacial score (nSPS) is 14.9. The van der Waals surface area contributed by atoms with E-state index in [1.807, 2.05) is 13.0 Å². The van der Waals surface area contributed by atoms with E-state index in [1.54, 1.807) is 58.4 Å². The van der Waals surface area contributed by atoms with Gasteiger partial charge in [0, 0.05) is 10.0 Å². The summed E-state index contributed by atoms with van der Waals surface area (Å²) >= 11 is 4.80. The number of hydrogen-bond acceptors (Lipinski definition) is 9. The Labute approximate surface area is 238 Å². The Kier molecular flexibility index (Phi) is 8.81. The van der Waals surface area contributed by atoms with Gasteiger partial charge in [-0.1, -0.05) is 27.3 Å². The Morgan fingerprint density at radius 2 is 1.79 bits per heavy atom. The van der Waals surface area contributed by atoms with E-state index in [9.17, 15) is 9.59 Å². The number of esters is 1. The molecule has 0 saturated heterocycles. The van der Waals surface area contributed by atoms with Crippen LogP contribution < -0.4 is 33.8 Å². The number of aromatic nitrogens is 1. The second-order valence-corrected chi connectivity index (χ2v) is 10.2. The molecule has 1 aromatic heterocycles. The van der Waals surface area contributed by atoms with Crippen molar-refractivity contribution in [3.8, 4) is 23.0 Å². The third kappa shape index (κ3) is 5.46. The molecule has 1 aliphatic heterocycles. The number of benzene rings is 2. The predicted molar refractivity (Wildman–Crippen MR) is 152 cm³/mol. The molecule has 0 bridgehead atoms. The van der Waals surface area contributed by atoms with E-state index in [0.717, 1.165) is 10.0 Å². The molecule has 3 aromatic rings. The average molecular weight is 618 g/mol. The van der Waals surface area contributed by atoms with Gasteiger partial charge in [0.25, 0.3) is 5.56 Å². The molecule has 0 N–H and O–H groups in total. The van der Waals surface area contributed by atoms with Gasteiger partial charge in [0.1, 0.15) is 17.5 Å². The lowest BCUT2D eigenvalue weighted by molar-refractivity contribution is -0.139. The number of halogens is 1. The summed E-state index contributed by atoms with van der Waals surface area (Å²) < 4.78 is 30.3. The second-order valence-electron chi connectivity index (χ2n) is 8.37. The van der Waals surface area contributed by atoms with Crippen LogP contribution in [0.5, 0.6) is 23.0 Å². The summed E-state index contributed by atoms with van der Waals surface area (Å²) in [6.45, 7) is 5.98. The molecule has 2 aromatic carbocycles. The van der Waals surface area contributed by atoms with Gasteiger partial charge in [-0.05, 0) is 62.7 Å². The molecule has 0 spiro atoms. The quantitative estimate of drug-likeness (QED) is 0.335. The number of thiazole rings is 1. The molecule has 1 atom stereocenters. The van der Waals surface area contributed by atoms with Gasteiger partial charge >= 0.3 is 5.97 Å². The minimum absolute atomic E-state index is 0.176. The van der Waals surface area contributed by atoms with Crippen molar-refractivity contribution < 1.29 is 28.5 Å². The Balaban J connectivity index is 2.00. The smallest absolute Gasteiger partial charge is 0.338 e. The fourth-order valence-corrected chi connectivity index (χ4v) is 5.84. The highest BCUT2D eigenvalue weighted by atomic mass is 79.9. The Bertz CT molecular complexity index is 1620. The van der Waals surface area contributed by atoms with Crippen molar-refractivity contribution in [2.75, 3.05) is 34.5 Å². The third-order valence-electron chi connectivity index (χ3n) is 6.12. The highest BCUT2D eigenvalue weighted by Crippen LogP contribution is 2.38. The zero-order valence-corrected chi connectivity index (χ0v) is 24.9. The van der Waals surface area contributed by atoms with Crippen LogP contribution >= 0.6 is 27.3 Å². The summed E-state index contributed by atoms with van der Waals surface area (Å²) in [4.78, 5) is 32.3. The molecule has 0 radical (unpaired) electrons. The number of allylic oxidation sites excluding steroid dienone is 1. The van der Waals surface area contributed by atoms with Crippen molar-refractivity contribution in [2.45, 2.75) is 26.8 Å². The standard InChI is InChI=1S/C28H29BrN2O7S/c1-7-37-22-11-16(19(29)14-21(22)36-6)12-23-26(32)31-25(18-13-17(34-4)9-10-20(18)35-5)24(27(33)38-8-2)15(3)30-28(31)39-23/h9-14,25H,7-8H2,1-6H3/b23-12+/t25-/m0/s1. The van der Waals surface area contributed by atoms with Crippen LogP contribution in [0.1, 0.15) is 37.9 Å². The Hall–Kier alpha value is -3.57. The Morgan fingerprint density at radius 1 is 1.05 bits per heavy atom. The van der Waals surface area contributed by atoms with Crippen LogP contribution in [0.3, 0.4) is 0 Å². The van der Waals surface area contributed by atoms with Crippen LogP contribution in [-0.4, -0.2) is 45.1 Å². The average Bonchev–Trinajstić information content (AvgIpc) is 3.23. The van der Waals surface area contributed by atoms with Crippen molar-refractivity contribution in [3.05, 3.63) is 76.9 Å². The minimum Gasteiger partial charge on any atom is -0.497 e. The van der Waals surface area contributed by atoms with Crippen molar-refractivity contribution in [1.29, 1.82) is 0 Å². The first-order chi connectivity index (χ1) is 18.8. The summed E-state index contributed by atoms with van der Waals surface area (Å²) in [5, 5.41) is 0. The van der Waals surface area contributed by atoms with Gasteiger partial charge in [-0.3, -0.25) is 9.36 Å². The molecular formula is C28H29BrN2O7S. The van der Waals surface area contributed by atoms with Gasteiger partial charge in [0.2, 0.25) is 0 Å². The number of carbonyl (C=O) groups is 1. The number of fused-ring (bicyclic) bond motifs is 1. The zero-order chi connectivity index (χ0) is 28.3. The number of nitrogens with zero attached hydrogens (tertiary/aromatic N) is 2. The van der Waals surface area contributed by atoms with E-state index >= 15 is 0 Å². The monoisotopic (exact) mass is 616 g/mol. The molecule has 0 unspecified atom stereocenters. The third-order valence-corrected chi connectivity index (χ3v) is 7.79. The second kappa shape index (κ2) is 12.1. The lowest BCUT2D eigenvalue weighted by Crippen LogP contribution is -2.40. The summed E-state index contributed by atoms with van der Waals surface area (Å²) in [6.07, 6.45) is 1.76. The molecule has 206 valence electrons. The van der Waals surface area contributed by atoms with E-state index in [1.165, 1.54) is 23.0 Å². The van der Waals surface area contributed by atoms with Crippen molar-refractivity contribution in [1.82, 2.24) is 4.57 Å². The molecule has 9 nitrogen and oxygen atoms in total. The van der Waals surface area contributed by atoms with Crippen molar-refractivity contribution >= 4 is 39.3 Å². The van der Waals surface area contributed by atoms with E-state index in [-0.39, 0.29) is 17.7 Å². The fraction of sp³-hybridized carbons (Fsp3) is 0.321. The number of carbonyl (C=O) groups excluding carboxylic acids is 1. The van der Waals surface area contributed by atoms with Gasteiger partial charge in [-0.25, -0.2) is 9.79 Å². The van der Waals surface area contributed by atoms with Crippen LogP contribution in [0.2, 0.25) is 0 Å². The Morgan fingerprint density at radius 3 is 2.44 bits per heavy atom. The molecule has 0 saturated carbocycles. The van der Waals surface area contributed by atoms with Gasteiger partial charge < -0.3 is 23.7 Å². The van der Waals surface area contributed by atoms with E-state index in [0.29, 0.717) is 50.2 Å². The first-order valence-electron chi connectivity index (χ1n) is 12.2. The summed E-state index contributed by atoms with van der Waals surface area (Å²) in [7, 11) is 4.65. The van der Waals surface area contributed by atoms with Gasteiger partial charge in [-0.2, -0.15) is 0 Å². The summed E-state index contributed by atoms with van der Waals surface area (Å²) in [6, 6.07) is 8.01. The summed E-state index contributed by atoms with van der Waals surface area (Å²) in [5.74, 6) is 1.62. The van der Waals surface area contributed by atoms with Crippen molar-refractivity contribution in [3.63, 3.8) is 0 Å². The predicted octanol–water partition coefficient (Wildman–Crippen LogP) is 3.99. The highest BCUT2D eigenvalue weighted by molar-refractivity contribution is 9.10. The topological polar surface area (TPSA) is 97.6 Å². The molecule has 0 amide bonds. The van der Waals surface area contributed by atoms with Gasteiger partial charge in [0.15, 0.2) is 16.3 Å². The fourth-order valence-electron chi connectivity index (χ4n) is 4.37. The lowest BCUT2D eigenvalue weighted by Gasteiger charge is -2.26.